The van der Waals surface area contributed by atoms with E-state index in [1.807, 2.05) is 24.3 Å². The first kappa shape index (κ1) is 23.0. The molecule has 6 rings (SSSR count). The molecule has 1 aromatic carbocycles. The third-order valence-corrected chi connectivity index (χ3v) is 7.98. The molecule has 1 aromatic rings. The molecule has 4 saturated carbocycles. The minimum absolute atomic E-state index is 0.0199. The fourth-order valence-electron chi connectivity index (χ4n) is 6.92. The van der Waals surface area contributed by atoms with Crippen LogP contribution in [0.1, 0.15) is 69.9 Å². The molecule has 34 heavy (non-hydrogen) atoms. The number of amides is 3. The number of nitrogens with one attached hydrogen (secondary N) is 3. The normalized spacial score (nSPS) is 31.6. The number of hydrogen-bond acceptors (Lipinski definition) is 5. The lowest BCUT2D eigenvalue weighted by Gasteiger charge is -2.56. The highest BCUT2D eigenvalue weighted by Crippen LogP contribution is 2.55. The fraction of sp³-hybridized carbons (Fsp3) is 0.654. The van der Waals surface area contributed by atoms with Crippen LogP contribution in [0.15, 0.2) is 24.3 Å². The van der Waals surface area contributed by atoms with Gasteiger partial charge in [0, 0.05) is 24.1 Å². The molecule has 0 saturated heterocycles. The summed E-state index contributed by atoms with van der Waals surface area (Å²) >= 11 is 0. The lowest BCUT2D eigenvalue weighted by molar-refractivity contribution is -0.155. The third-order valence-electron chi connectivity index (χ3n) is 7.98. The van der Waals surface area contributed by atoms with E-state index in [0.717, 1.165) is 48.3 Å². The zero-order chi connectivity index (χ0) is 23.7. The molecule has 2 unspecified atom stereocenters. The Bertz CT molecular complexity index is 913. The van der Waals surface area contributed by atoms with Crippen molar-refractivity contribution in [2.45, 2.75) is 76.0 Å². The zero-order valence-corrected chi connectivity index (χ0v) is 19.8. The number of urea groups is 1. The Morgan fingerprint density at radius 2 is 1.76 bits per heavy atom. The molecule has 4 bridgehead atoms. The van der Waals surface area contributed by atoms with E-state index in [1.165, 1.54) is 19.3 Å². The molecule has 184 valence electrons. The van der Waals surface area contributed by atoms with Gasteiger partial charge >= 0.3 is 12.0 Å². The molecule has 2 atom stereocenters. The molecule has 4 fully saturated rings. The van der Waals surface area contributed by atoms with Gasteiger partial charge in [0.1, 0.15) is 5.75 Å². The molecule has 5 aliphatic rings. The van der Waals surface area contributed by atoms with Crippen LogP contribution in [-0.2, 0) is 14.3 Å². The molecule has 0 radical (unpaired) electrons. The van der Waals surface area contributed by atoms with Gasteiger partial charge in [0.2, 0.25) is 0 Å². The highest BCUT2D eigenvalue weighted by Gasteiger charge is 2.51. The van der Waals surface area contributed by atoms with Crippen LogP contribution in [0.5, 0.6) is 5.75 Å². The molecule has 1 aliphatic heterocycles. The summed E-state index contributed by atoms with van der Waals surface area (Å²) in [5.41, 5.74) is 0.865. The number of esters is 1. The largest absolute Gasteiger partial charge is 0.493 e. The van der Waals surface area contributed by atoms with Crippen LogP contribution < -0.4 is 20.7 Å². The SMILES string of the molecule is CC(OC(=O)CCNC(=O)NC12CC3CC(CC(C3)C1)C2)C(=O)NC1CCOc2ccccc21. The first-order valence-electron chi connectivity index (χ1n) is 12.7. The summed E-state index contributed by atoms with van der Waals surface area (Å²) in [6.07, 6.45) is 6.97. The Balaban J connectivity index is 1.03. The van der Waals surface area contributed by atoms with E-state index in [-0.39, 0.29) is 36.5 Å². The van der Waals surface area contributed by atoms with Gasteiger partial charge < -0.3 is 25.4 Å². The van der Waals surface area contributed by atoms with Crippen molar-refractivity contribution >= 4 is 17.9 Å². The maximum absolute atomic E-state index is 12.6. The predicted molar refractivity (Wildman–Crippen MR) is 125 cm³/mol. The molecule has 3 amide bonds. The van der Waals surface area contributed by atoms with E-state index in [2.05, 4.69) is 16.0 Å². The summed E-state index contributed by atoms with van der Waals surface area (Å²) in [6, 6.07) is 7.22. The molecule has 0 spiro atoms. The van der Waals surface area contributed by atoms with Crippen molar-refractivity contribution in [3.63, 3.8) is 0 Å². The Morgan fingerprint density at radius 1 is 1.09 bits per heavy atom. The van der Waals surface area contributed by atoms with Gasteiger partial charge in [-0.3, -0.25) is 9.59 Å². The first-order chi connectivity index (χ1) is 16.4. The summed E-state index contributed by atoms with van der Waals surface area (Å²) in [5.74, 6) is 2.17. The van der Waals surface area contributed by atoms with Gasteiger partial charge in [0.05, 0.1) is 19.1 Å². The highest BCUT2D eigenvalue weighted by atomic mass is 16.5. The van der Waals surface area contributed by atoms with Crippen molar-refractivity contribution in [2.24, 2.45) is 17.8 Å². The second-order valence-electron chi connectivity index (χ2n) is 10.7. The van der Waals surface area contributed by atoms with Crippen molar-refractivity contribution in [2.75, 3.05) is 13.2 Å². The third kappa shape index (κ3) is 5.00. The second-order valence-corrected chi connectivity index (χ2v) is 10.7. The summed E-state index contributed by atoms with van der Waals surface area (Å²) in [6.45, 7) is 2.26. The van der Waals surface area contributed by atoms with Crippen molar-refractivity contribution in [3.8, 4) is 5.75 Å². The smallest absolute Gasteiger partial charge is 0.315 e. The van der Waals surface area contributed by atoms with Crippen LogP contribution in [0.2, 0.25) is 0 Å². The molecule has 3 N–H and O–H groups in total. The van der Waals surface area contributed by atoms with Crippen molar-refractivity contribution in [3.05, 3.63) is 29.8 Å². The molecule has 8 nitrogen and oxygen atoms in total. The number of benzene rings is 1. The van der Waals surface area contributed by atoms with Gasteiger partial charge in [-0.05, 0) is 69.3 Å². The van der Waals surface area contributed by atoms with E-state index in [0.29, 0.717) is 13.0 Å². The summed E-state index contributed by atoms with van der Waals surface area (Å²) < 4.78 is 10.9. The molecule has 1 heterocycles. The minimum atomic E-state index is -0.914. The molecular weight excluding hydrogens is 434 g/mol. The molecular formula is C26H35N3O5. The van der Waals surface area contributed by atoms with Gasteiger partial charge in [-0.25, -0.2) is 4.79 Å². The number of para-hydroxylation sites is 1. The van der Waals surface area contributed by atoms with Crippen molar-refractivity contribution in [1.82, 2.24) is 16.0 Å². The summed E-state index contributed by atoms with van der Waals surface area (Å²) in [7, 11) is 0. The van der Waals surface area contributed by atoms with E-state index in [9.17, 15) is 14.4 Å². The zero-order valence-electron chi connectivity index (χ0n) is 19.8. The molecule has 8 heteroatoms. The van der Waals surface area contributed by atoms with Gasteiger partial charge in [-0.1, -0.05) is 18.2 Å². The Labute approximate surface area is 200 Å². The molecule has 4 aliphatic carbocycles. The number of carbonyl (C=O) groups excluding carboxylic acids is 3. The van der Waals surface area contributed by atoms with Crippen LogP contribution >= 0.6 is 0 Å². The maximum Gasteiger partial charge on any atom is 0.315 e. The van der Waals surface area contributed by atoms with Crippen molar-refractivity contribution < 1.29 is 23.9 Å². The Morgan fingerprint density at radius 3 is 2.47 bits per heavy atom. The number of carbonyl (C=O) groups is 3. The van der Waals surface area contributed by atoms with E-state index < -0.39 is 12.1 Å². The standard InChI is InChI=1S/C26H35N3O5/c1-16(24(31)28-21-7-9-33-22-5-3-2-4-20(21)22)34-23(30)6-8-27-25(32)29-26-13-17-10-18(14-26)12-19(11-17)15-26/h2-5,16-19,21H,6-15H2,1H3,(H,28,31)(H2,27,29,32). The minimum Gasteiger partial charge on any atom is -0.493 e. The number of rotatable bonds is 7. The van der Waals surface area contributed by atoms with Crippen LogP contribution in [0.25, 0.3) is 0 Å². The van der Waals surface area contributed by atoms with E-state index >= 15 is 0 Å². The summed E-state index contributed by atoms with van der Waals surface area (Å²) in [5, 5.41) is 8.99. The van der Waals surface area contributed by atoms with Crippen LogP contribution in [0, 0.1) is 17.8 Å². The van der Waals surface area contributed by atoms with Gasteiger partial charge in [-0.2, -0.15) is 0 Å². The second kappa shape index (κ2) is 9.47. The Kier molecular flexibility index (Phi) is 6.40. The lowest BCUT2D eigenvalue weighted by atomic mass is 9.53. The van der Waals surface area contributed by atoms with E-state index in [4.69, 9.17) is 9.47 Å². The summed E-state index contributed by atoms with van der Waals surface area (Å²) in [4.78, 5) is 37.3. The van der Waals surface area contributed by atoms with Crippen molar-refractivity contribution in [1.29, 1.82) is 0 Å². The van der Waals surface area contributed by atoms with E-state index in [1.54, 1.807) is 6.92 Å². The van der Waals surface area contributed by atoms with Crippen LogP contribution in [0.3, 0.4) is 0 Å². The number of hydrogen-bond donors (Lipinski definition) is 3. The Hall–Kier alpha value is -2.77. The average Bonchev–Trinajstić information content (AvgIpc) is 2.78. The maximum atomic E-state index is 12.6. The van der Waals surface area contributed by atoms with Gasteiger partial charge in [0.15, 0.2) is 6.10 Å². The highest BCUT2D eigenvalue weighted by molar-refractivity contribution is 5.84. The fourth-order valence-corrected chi connectivity index (χ4v) is 6.92. The van der Waals surface area contributed by atoms with Gasteiger partial charge in [-0.15, -0.1) is 0 Å². The van der Waals surface area contributed by atoms with Gasteiger partial charge in [0.25, 0.3) is 5.91 Å². The quantitative estimate of drug-likeness (QED) is 0.532. The average molecular weight is 470 g/mol. The lowest BCUT2D eigenvalue weighted by Crippen LogP contribution is -2.61. The van der Waals surface area contributed by atoms with Crippen LogP contribution in [0.4, 0.5) is 4.79 Å². The topological polar surface area (TPSA) is 106 Å². The van der Waals surface area contributed by atoms with Crippen LogP contribution in [-0.4, -0.2) is 42.7 Å². The number of ether oxygens (including phenoxy) is 2. The monoisotopic (exact) mass is 469 g/mol. The predicted octanol–water partition coefficient (Wildman–Crippen LogP) is 3.22. The first-order valence-corrected chi connectivity index (χ1v) is 12.7. The number of fused-ring (bicyclic) bond motifs is 1. The molecule has 0 aromatic heterocycles.